The highest BCUT2D eigenvalue weighted by Gasteiger charge is 2.20. The van der Waals surface area contributed by atoms with Crippen molar-refractivity contribution < 1.29 is 24.5 Å². The number of hydrogen-bond acceptors (Lipinski definition) is 5. The summed E-state index contributed by atoms with van der Waals surface area (Å²) in [7, 11) is 0. The zero-order chi connectivity index (χ0) is 46.5. The molecule has 2 unspecified atom stereocenters. The molecule has 6 nitrogen and oxygen atoms in total. The lowest BCUT2D eigenvalue weighted by molar-refractivity contribution is -0.143. The van der Waals surface area contributed by atoms with Gasteiger partial charge in [-0.25, -0.2) is 0 Å². The molecule has 0 radical (unpaired) electrons. The number of rotatable bonds is 53. The molecule has 0 aromatic rings. The topological polar surface area (TPSA) is 95.9 Å². The van der Waals surface area contributed by atoms with Crippen molar-refractivity contribution in [1.29, 1.82) is 0 Å². The van der Waals surface area contributed by atoms with Gasteiger partial charge in [0.05, 0.1) is 25.4 Å². The number of esters is 1. The Morgan fingerprint density at radius 2 is 0.781 bits per heavy atom. The summed E-state index contributed by atoms with van der Waals surface area (Å²) in [5, 5.41) is 23.1. The summed E-state index contributed by atoms with van der Waals surface area (Å²) in [5.74, 6) is -0.0339. The number of aliphatic hydroxyl groups is 2. The lowest BCUT2D eigenvalue weighted by Crippen LogP contribution is -2.45. The van der Waals surface area contributed by atoms with Crippen LogP contribution < -0.4 is 5.32 Å². The maximum atomic E-state index is 12.4. The zero-order valence-electron chi connectivity index (χ0n) is 43.0. The minimum absolute atomic E-state index is 0.00417. The third kappa shape index (κ3) is 49.8. The van der Waals surface area contributed by atoms with E-state index in [1.807, 2.05) is 0 Å². The molecule has 0 saturated carbocycles. The minimum Gasteiger partial charge on any atom is -0.466 e. The van der Waals surface area contributed by atoms with Crippen molar-refractivity contribution in [3.63, 3.8) is 0 Å². The van der Waals surface area contributed by atoms with Gasteiger partial charge in [0, 0.05) is 12.8 Å². The van der Waals surface area contributed by atoms with Crippen LogP contribution in [0.4, 0.5) is 0 Å². The van der Waals surface area contributed by atoms with Crippen LogP contribution in [0, 0.1) is 0 Å². The van der Waals surface area contributed by atoms with Gasteiger partial charge in [-0.1, -0.05) is 263 Å². The molecule has 0 spiro atoms. The standard InChI is InChI=1S/C58H111NO5/c1-3-5-7-9-11-13-14-15-16-22-26-29-32-36-40-44-48-52-58(63)64-53-49-45-41-37-33-30-27-24-21-19-17-18-20-23-25-28-31-35-39-43-47-51-57(62)59-55(54-60)56(61)50-46-42-38-34-12-10-8-6-4-2/h11,13,15-16,55-56,60-61H,3-10,12,14,17-54H2,1-2H3,(H,59,62)/b13-11-,16-15-. The summed E-state index contributed by atoms with van der Waals surface area (Å²) < 4.78 is 5.48. The molecular formula is C58H111NO5. The molecule has 0 bridgehead atoms. The highest BCUT2D eigenvalue weighted by molar-refractivity contribution is 5.76. The molecule has 378 valence electrons. The molecular weight excluding hydrogens is 791 g/mol. The van der Waals surface area contributed by atoms with Gasteiger partial charge in [0.1, 0.15) is 0 Å². The van der Waals surface area contributed by atoms with Gasteiger partial charge < -0.3 is 20.3 Å². The summed E-state index contributed by atoms with van der Waals surface area (Å²) in [4.78, 5) is 24.5. The monoisotopic (exact) mass is 902 g/mol. The van der Waals surface area contributed by atoms with Gasteiger partial charge in [0.2, 0.25) is 5.91 Å². The van der Waals surface area contributed by atoms with E-state index in [0.717, 1.165) is 51.4 Å². The molecule has 0 aliphatic heterocycles. The molecule has 0 saturated heterocycles. The number of nitrogens with one attached hydrogen (secondary N) is 1. The molecule has 6 heteroatoms. The Morgan fingerprint density at radius 1 is 0.438 bits per heavy atom. The zero-order valence-corrected chi connectivity index (χ0v) is 43.0. The number of amides is 1. The SMILES string of the molecule is CCCCC/C=C\C/C=C\CCCCCCCCCC(=O)OCCCCCCCCCCCCCCCCCCCCCCCC(=O)NC(CO)C(O)CCCCCCCCCCC. The van der Waals surface area contributed by atoms with Crippen LogP contribution in [0.2, 0.25) is 0 Å². The van der Waals surface area contributed by atoms with E-state index in [1.165, 1.54) is 225 Å². The average Bonchev–Trinajstić information content (AvgIpc) is 3.29. The molecule has 2 atom stereocenters. The van der Waals surface area contributed by atoms with E-state index in [4.69, 9.17) is 4.74 Å². The van der Waals surface area contributed by atoms with E-state index in [9.17, 15) is 19.8 Å². The Labute approximate surface area is 399 Å². The molecule has 0 aromatic carbocycles. The Kier molecular flexibility index (Phi) is 52.6. The van der Waals surface area contributed by atoms with E-state index in [1.54, 1.807) is 0 Å². The quantitative estimate of drug-likeness (QED) is 0.0321. The van der Waals surface area contributed by atoms with Crippen molar-refractivity contribution in [2.24, 2.45) is 0 Å². The van der Waals surface area contributed by atoms with Crippen molar-refractivity contribution in [3.8, 4) is 0 Å². The Morgan fingerprint density at radius 3 is 1.22 bits per heavy atom. The Bertz CT molecular complexity index is 997. The van der Waals surface area contributed by atoms with Crippen LogP contribution in [-0.4, -0.2) is 47.4 Å². The first-order valence-electron chi connectivity index (χ1n) is 28.6. The highest BCUT2D eigenvalue weighted by atomic mass is 16.5. The molecule has 1 amide bonds. The van der Waals surface area contributed by atoms with Crippen LogP contribution in [0.15, 0.2) is 24.3 Å². The lowest BCUT2D eigenvalue weighted by Gasteiger charge is -2.22. The van der Waals surface area contributed by atoms with Crippen LogP contribution in [0.25, 0.3) is 0 Å². The first kappa shape index (κ1) is 62.3. The van der Waals surface area contributed by atoms with Crippen molar-refractivity contribution >= 4 is 11.9 Å². The Balaban J connectivity index is 3.35. The van der Waals surface area contributed by atoms with Crippen LogP contribution in [0.5, 0.6) is 0 Å². The van der Waals surface area contributed by atoms with Gasteiger partial charge in [-0.05, 0) is 57.8 Å². The van der Waals surface area contributed by atoms with Crippen LogP contribution in [0.1, 0.15) is 309 Å². The first-order valence-corrected chi connectivity index (χ1v) is 28.6. The first-order chi connectivity index (χ1) is 31.5. The van der Waals surface area contributed by atoms with Gasteiger partial charge in [-0.15, -0.1) is 0 Å². The van der Waals surface area contributed by atoms with Gasteiger partial charge in [-0.2, -0.15) is 0 Å². The van der Waals surface area contributed by atoms with Crippen LogP contribution >= 0.6 is 0 Å². The normalized spacial score (nSPS) is 12.8. The molecule has 0 aromatic heterocycles. The van der Waals surface area contributed by atoms with E-state index in [2.05, 4.69) is 43.5 Å². The molecule has 0 aliphatic rings. The molecule has 3 N–H and O–H groups in total. The predicted molar refractivity (Wildman–Crippen MR) is 278 cm³/mol. The second-order valence-corrected chi connectivity index (χ2v) is 19.6. The van der Waals surface area contributed by atoms with Gasteiger partial charge in [0.15, 0.2) is 0 Å². The van der Waals surface area contributed by atoms with Crippen molar-refractivity contribution in [2.75, 3.05) is 13.2 Å². The summed E-state index contributed by atoms with van der Waals surface area (Å²) in [6.45, 7) is 4.91. The fraction of sp³-hybridized carbons (Fsp3) is 0.897. The number of carbonyl (C=O) groups excluding carboxylic acids is 2. The largest absolute Gasteiger partial charge is 0.466 e. The summed E-state index contributed by atoms with van der Waals surface area (Å²) >= 11 is 0. The highest BCUT2D eigenvalue weighted by Crippen LogP contribution is 2.17. The number of ether oxygens (including phenoxy) is 1. The van der Waals surface area contributed by atoms with Crippen LogP contribution in [-0.2, 0) is 14.3 Å². The fourth-order valence-electron chi connectivity index (χ4n) is 8.85. The molecule has 64 heavy (non-hydrogen) atoms. The Hall–Kier alpha value is -1.66. The average molecular weight is 903 g/mol. The molecule has 0 heterocycles. The van der Waals surface area contributed by atoms with E-state index in [0.29, 0.717) is 25.9 Å². The number of aliphatic hydroxyl groups excluding tert-OH is 2. The second kappa shape index (κ2) is 54.0. The summed E-state index contributed by atoms with van der Waals surface area (Å²) in [6.07, 6.45) is 64.6. The fourth-order valence-corrected chi connectivity index (χ4v) is 8.85. The third-order valence-electron chi connectivity index (χ3n) is 13.3. The second-order valence-electron chi connectivity index (χ2n) is 19.6. The van der Waals surface area contributed by atoms with Gasteiger partial charge in [-0.3, -0.25) is 9.59 Å². The smallest absolute Gasteiger partial charge is 0.305 e. The maximum Gasteiger partial charge on any atom is 0.305 e. The summed E-state index contributed by atoms with van der Waals surface area (Å²) in [6, 6.07) is -0.540. The van der Waals surface area contributed by atoms with Crippen molar-refractivity contribution in [3.05, 3.63) is 24.3 Å². The van der Waals surface area contributed by atoms with E-state index < -0.39 is 12.1 Å². The predicted octanol–water partition coefficient (Wildman–Crippen LogP) is 17.5. The van der Waals surface area contributed by atoms with E-state index >= 15 is 0 Å². The number of unbranched alkanes of at least 4 members (excludes halogenated alkanes) is 38. The molecule has 0 aliphatic carbocycles. The van der Waals surface area contributed by atoms with Crippen molar-refractivity contribution in [1.82, 2.24) is 5.32 Å². The maximum absolute atomic E-state index is 12.4. The molecule has 0 rings (SSSR count). The number of allylic oxidation sites excluding steroid dienone is 4. The van der Waals surface area contributed by atoms with Crippen LogP contribution in [0.3, 0.4) is 0 Å². The summed E-state index contributed by atoms with van der Waals surface area (Å²) in [5.41, 5.74) is 0. The van der Waals surface area contributed by atoms with E-state index in [-0.39, 0.29) is 18.5 Å². The minimum atomic E-state index is -0.662. The lowest BCUT2D eigenvalue weighted by atomic mass is 10.0. The van der Waals surface area contributed by atoms with Crippen molar-refractivity contribution in [2.45, 2.75) is 321 Å². The molecule has 0 fully saturated rings. The number of carbonyl (C=O) groups is 2. The number of hydrogen-bond donors (Lipinski definition) is 3. The van der Waals surface area contributed by atoms with Gasteiger partial charge in [0.25, 0.3) is 0 Å². The third-order valence-corrected chi connectivity index (χ3v) is 13.3. The van der Waals surface area contributed by atoms with Gasteiger partial charge >= 0.3 is 5.97 Å².